The molecule has 1 unspecified atom stereocenters. The summed E-state index contributed by atoms with van der Waals surface area (Å²) in [4.78, 5) is 0. The van der Waals surface area contributed by atoms with Crippen molar-refractivity contribution in [2.24, 2.45) is 0 Å². The van der Waals surface area contributed by atoms with Gasteiger partial charge in [0.25, 0.3) is 0 Å². The van der Waals surface area contributed by atoms with E-state index in [1.54, 1.807) is 0 Å². The molecule has 3 nitrogen and oxygen atoms in total. The zero-order chi connectivity index (χ0) is 10.5. The Labute approximate surface area is 90.7 Å². The summed E-state index contributed by atoms with van der Waals surface area (Å²) in [5, 5.41) is 9.07. The maximum atomic E-state index is 9.07. The average Bonchev–Trinajstić information content (AvgIpc) is 2.88. The third-order valence-corrected chi connectivity index (χ3v) is 3.03. The quantitative estimate of drug-likeness (QED) is 0.804. The number of aromatic nitrogens is 1. The van der Waals surface area contributed by atoms with Gasteiger partial charge in [0.2, 0.25) is 0 Å². The van der Waals surface area contributed by atoms with Crippen LogP contribution in [0.5, 0.6) is 0 Å². The Morgan fingerprint density at radius 1 is 1.53 bits per heavy atom. The summed E-state index contributed by atoms with van der Waals surface area (Å²) in [5.74, 6) is 0. The number of hydrogen-bond donors (Lipinski definition) is 1. The molecule has 0 saturated carbocycles. The lowest BCUT2D eigenvalue weighted by Crippen LogP contribution is -2.08. The number of aliphatic hydroxyl groups is 1. The summed E-state index contributed by atoms with van der Waals surface area (Å²) in [6.07, 6.45) is 7.23. The molecule has 0 spiro atoms. The van der Waals surface area contributed by atoms with Crippen LogP contribution in [0.3, 0.4) is 0 Å². The van der Waals surface area contributed by atoms with Gasteiger partial charge < -0.3 is 14.4 Å². The van der Waals surface area contributed by atoms with Crippen molar-refractivity contribution in [2.75, 3.05) is 6.61 Å². The zero-order valence-corrected chi connectivity index (χ0v) is 9.06. The first-order valence-electron chi connectivity index (χ1n) is 5.76. The van der Waals surface area contributed by atoms with Crippen molar-refractivity contribution in [1.82, 2.24) is 4.57 Å². The summed E-state index contributed by atoms with van der Waals surface area (Å²) in [5.41, 5.74) is 1.00. The van der Waals surface area contributed by atoms with Crippen molar-refractivity contribution in [3.05, 3.63) is 24.0 Å². The van der Waals surface area contributed by atoms with E-state index in [0.29, 0.717) is 6.10 Å². The number of ether oxygens (including phenoxy) is 1. The van der Waals surface area contributed by atoms with Gasteiger partial charge in [-0.05, 0) is 37.8 Å². The first kappa shape index (κ1) is 10.7. The van der Waals surface area contributed by atoms with Crippen molar-refractivity contribution >= 4 is 0 Å². The minimum Gasteiger partial charge on any atom is -0.390 e. The molecule has 15 heavy (non-hydrogen) atoms. The van der Waals surface area contributed by atoms with E-state index in [1.165, 1.54) is 12.8 Å². The summed E-state index contributed by atoms with van der Waals surface area (Å²) < 4.78 is 7.69. The van der Waals surface area contributed by atoms with Gasteiger partial charge in [0, 0.05) is 25.0 Å². The fourth-order valence-electron chi connectivity index (χ4n) is 2.17. The van der Waals surface area contributed by atoms with Crippen molar-refractivity contribution < 1.29 is 9.84 Å². The first-order valence-corrected chi connectivity index (χ1v) is 5.76. The van der Waals surface area contributed by atoms with Crippen LogP contribution in [0, 0.1) is 0 Å². The predicted molar refractivity (Wildman–Crippen MR) is 58.6 cm³/mol. The molecule has 0 radical (unpaired) electrons. The molecular weight excluding hydrogens is 190 g/mol. The monoisotopic (exact) mass is 209 g/mol. The van der Waals surface area contributed by atoms with Gasteiger partial charge in [0.1, 0.15) is 0 Å². The summed E-state index contributed by atoms with van der Waals surface area (Å²) in [6.45, 7) is 2.06. The van der Waals surface area contributed by atoms with Crippen molar-refractivity contribution in [1.29, 1.82) is 0 Å². The summed E-state index contributed by atoms with van der Waals surface area (Å²) in [7, 11) is 0. The molecule has 3 heteroatoms. The highest BCUT2D eigenvalue weighted by atomic mass is 16.5. The highest BCUT2D eigenvalue weighted by Gasteiger charge is 2.14. The smallest absolute Gasteiger partial charge is 0.0832 e. The number of hydrogen-bond acceptors (Lipinski definition) is 2. The Bertz CT molecular complexity index is 290. The van der Waals surface area contributed by atoms with Crippen LogP contribution in [0.15, 0.2) is 18.3 Å². The molecule has 0 aromatic carbocycles. The van der Waals surface area contributed by atoms with Crippen LogP contribution in [0.2, 0.25) is 0 Å². The molecule has 1 atom stereocenters. The van der Waals surface area contributed by atoms with Gasteiger partial charge >= 0.3 is 0 Å². The standard InChI is InChI=1S/C12H19NO2/c14-10-11-4-1-7-13(11)8-2-5-12-6-3-9-15-12/h1,4,7,12,14H,2-3,5-6,8-10H2. The van der Waals surface area contributed by atoms with Crippen LogP contribution < -0.4 is 0 Å². The predicted octanol–water partition coefficient (Wildman–Crippen LogP) is 1.94. The van der Waals surface area contributed by atoms with Crippen molar-refractivity contribution in [3.8, 4) is 0 Å². The SMILES string of the molecule is OCc1cccn1CCCC1CCCO1. The molecule has 0 amide bonds. The second-order valence-electron chi connectivity index (χ2n) is 4.13. The lowest BCUT2D eigenvalue weighted by Gasteiger charge is -2.10. The number of nitrogens with zero attached hydrogens (tertiary/aromatic N) is 1. The van der Waals surface area contributed by atoms with Gasteiger partial charge in [-0.2, -0.15) is 0 Å². The maximum Gasteiger partial charge on any atom is 0.0832 e. The van der Waals surface area contributed by atoms with E-state index in [0.717, 1.165) is 31.7 Å². The minimum atomic E-state index is 0.132. The molecule has 2 rings (SSSR count). The normalized spacial score (nSPS) is 21.0. The second kappa shape index (κ2) is 5.33. The molecule has 1 aliphatic rings. The van der Waals surface area contributed by atoms with Crippen LogP contribution in [0.1, 0.15) is 31.4 Å². The van der Waals surface area contributed by atoms with E-state index in [9.17, 15) is 0 Å². The van der Waals surface area contributed by atoms with E-state index in [4.69, 9.17) is 9.84 Å². The lowest BCUT2D eigenvalue weighted by molar-refractivity contribution is 0.101. The molecule has 0 bridgehead atoms. The number of rotatable bonds is 5. The second-order valence-corrected chi connectivity index (χ2v) is 4.13. The Morgan fingerprint density at radius 2 is 2.47 bits per heavy atom. The van der Waals surface area contributed by atoms with E-state index in [1.807, 2.05) is 18.3 Å². The summed E-state index contributed by atoms with van der Waals surface area (Å²) >= 11 is 0. The Hall–Kier alpha value is -0.800. The molecule has 1 aromatic heterocycles. The molecule has 0 aliphatic carbocycles. The fourth-order valence-corrected chi connectivity index (χ4v) is 2.17. The highest BCUT2D eigenvalue weighted by molar-refractivity contribution is 5.05. The lowest BCUT2D eigenvalue weighted by atomic mass is 10.1. The van der Waals surface area contributed by atoms with E-state index >= 15 is 0 Å². The third kappa shape index (κ3) is 2.83. The minimum absolute atomic E-state index is 0.132. The van der Waals surface area contributed by atoms with Crippen LogP contribution in [0.25, 0.3) is 0 Å². The van der Waals surface area contributed by atoms with Crippen LogP contribution in [-0.2, 0) is 17.9 Å². The molecule has 2 heterocycles. The Morgan fingerprint density at radius 3 is 3.20 bits per heavy atom. The van der Waals surface area contributed by atoms with Crippen LogP contribution in [-0.4, -0.2) is 22.4 Å². The maximum absolute atomic E-state index is 9.07. The topological polar surface area (TPSA) is 34.4 Å². The Kier molecular flexibility index (Phi) is 3.80. The van der Waals surface area contributed by atoms with Crippen molar-refractivity contribution in [3.63, 3.8) is 0 Å². The van der Waals surface area contributed by atoms with Crippen LogP contribution >= 0.6 is 0 Å². The molecule has 1 N–H and O–H groups in total. The molecular formula is C12H19NO2. The van der Waals surface area contributed by atoms with Gasteiger partial charge in [-0.3, -0.25) is 0 Å². The largest absolute Gasteiger partial charge is 0.390 e. The van der Waals surface area contributed by atoms with Crippen LogP contribution in [0.4, 0.5) is 0 Å². The van der Waals surface area contributed by atoms with E-state index in [2.05, 4.69) is 4.57 Å². The van der Waals surface area contributed by atoms with Gasteiger partial charge in [-0.25, -0.2) is 0 Å². The van der Waals surface area contributed by atoms with Gasteiger partial charge in [-0.1, -0.05) is 0 Å². The first-order chi connectivity index (χ1) is 7.40. The summed E-state index contributed by atoms with van der Waals surface area (Å²) in [6, 6.07) is 3.95. The highest BCUT2D eigenvalue weighted by Crippen LogP contribution is 2.17. The van der Waals surface area contributed by atoms with E-state index < -0.39 is 0 Å². The average molecular weight is 209 g/mol. The molecule has 1 aromatic rings. The van der Waals surface area contributed by atoms with Gasteiger partial charge in [0.05, 0.1) is 12.7 Å². The van der Waals surface area contributed by atoms with Gasteiger partial charge in [-0.15, -0.1) is 0 Å². The third-order valence-electron chi connectivity index (χ3n) is 3.03. The molecule has 84 valence electrons. The molecule has 1 saturated heterocycles. The van der Waals surface area contributed by atoms with E-state index in [-0.39, 0.29) is 6.61 Å². The molecule has 1 aliphatic heterocycles. The number of aliphatic hydroxyl groups excluding tert-OH is 1. The fraction of sp³-hybridized carbons (Fsp3) is 0.667. The van der Waals surface area contributed by atoms with Gasteiger partial charge in [0.15, 0.2) is 0 Å². The molecule has 1 fully saturated rings. The Balaban J connectivity index is 1.73. The zero-order valence-electron chi connectivity index (χ0n) is 9.06. The number of aryl methyl sites for hydroxylation is 1. The van der Waals surface area contributed by atoms with Crippen molar-refractivity contribution in [2.45, 2.75) is 44.9 Å².